The number of likely N-dealkylation sites (tertiary alicyclic amines) is 1. The van der Waals surface area contributed by atoms with E-state index in [0.717, 1.165) is 13.0 Å². The molecule has 2 rings (SSSR count). The average molecular weight is 218 g/mol. The van der Waals surface area contributed by atoms with Crippen molar-refractivity contribution < 1.29 is 4.79 Å². The fourth-order valence-corrected chi connectivity index (χ4v) is 2.54. The zero-order valence-corrected chi connectivity index (χ0v) is 9.81. The maximum absolute atomic E-state index is 11.8. The molecule has 1 aliphatic heterocycles. The van der Waals surface area contributed by atoms with Gasteiger partial charge in [0.25, 0.3) is 0 Å². The SMILES string of the molecule is CNC(=O)C1CCN(C)C1c1ccccc1. The van der Waals surface area contributed by atoms with Crippen LogP contribution in [0.25, 0.3) is 0 Å². The molecule has 86 valence electrons. The zero-order chi connectivity index (χ0) is 11.5. The number of nitrogens with zero attached hydrogens (tertiary/aromatic N) is 1. The Morgan fingerprint density at radius 2 is 2.06 bits per heavy atom. The van der Waals surface area contributed by atoms with Gasteiger partial charge in [-0.1, -0.05) is 30.3 Å². The van der Waals surface area contributed by atoms with Gasteiger partial charge in [-0.25, -0.2) is 0 Å². The lowest BCUT2D eigenvalue weighted by molar-refractivity contribution is -0.125. The van der Waals surface area contributed by atoms with Crippen LogP contribution in [0.5, 0.6) is 0 Å². The second kappa shape index (κ2) is 4.66. The van der Waals surface area contributed by atoms with E-state index in [1.54, 1.807) is 7.05 Å². The third-order valence-electron chi connectivity index (χ3n) is 3.37. The number of rotatable bonds is 2. The third-order valence-corrected chi connectivity index (χ3v) is 3.37. The van der Waals surface area contributed by atoms with Crippen LogP contribution in [-0.2, 0) is 4.79 Å². The Hall–Kier alpha value is -1.35. The highest BCUT2D eigenvalue weighted by Crippen LogP contribution is 2.35. The van der Waals surface area contributed by atoms with E-state index in [0.29, 0.717) is 0 Å². The molecule has 16 heavy (non-hydrogen) atoms. The normalized spacial score (nSPS) is 25.6. The molecule has 1 fully saturated rings. The minimum absolute atomic E-state index is 0.0809. The molecule has 0 bridgehead atoms. The standard InChI is InChI=1S/C13H18N2O/c1-14-13(16)11-8-9-15(2)12(11)10-6-4-3-5-7-10/h3-7,11-12H,8-9H2,1-2H3,(H,14,16). The minimum atomic E-state index is 0.0809. The molecular weight excluding hydrogens is 200 g/mol. The smallest absolute Gasteiger partial charge is 0.224 e. The molecule has 3 nitrogen and oxygen atoms in total. The van der Waals surface area contributed by atoms with Crippen molar-refractivity contribution in [3.8, 4) is 0 Å². The van der Waals surface area contributed by atoms with Crippen LogP contribution >= 0.6 is 0 Å². The van der Waals surface area contributed by atoms with E-state index in [2.05, 4.69) is 29.4 Å². The molecule has 0 radical (unpaired) electrons. The first-order valence-electron chi connectivity index (χ1n) is 5.71. The van der Waals surface area contributed by atoms with E-state index in [1.807, 2.05) is 18.2 Å². The van der Waals surface area contributed by atoms with Gasteiger partial charge < -0.3 is 5.32 Å². The molecule has 1 amide bonds. The van der Waals surface area contributed by atoms with Crippen LogP contribution < -0.4 is 5.32 Å². The Kier molecular flexibility index (Phi) is 3.25. The van der Waals surface area contributed by atoms with Crippen molar-refractivity contribution in [2.24, 2.45) is 5.92 Å². The Morgan fingerprint density at radius 3 is 2.69 bits per heavy atom. The molecule has 1 saturated heterocycles. The molecule has 0 spiro atoms. The van der Waals surface area contributed by atoms with E-state index in [1.165, 1.54) is 5.56 Å². The molecule has 1 N–H and O–H groups in total. The summed E-state index contributed by atoms with van der Waals surface area (Å²) in [6.07, 6.45) is 0.940. The van der Waals surface area contributed by atoms with Crippen molar-refractivity contribution in [3.05, 3.63) is 35.9 Å². The van der Waals surface area contributed by atoms with Gasteiger partial charge in [-0.3, -0.25) is 9.69 Å². The second-order valence-corrected chi connectivity index (χ2v) is 4.35. The molecule has 0 saturated carbocycles. The van der Waals surface area contributed by atoms with Crippen LogP contribution in [-0.4, -0.2) is 31.4 Å². The molecule has 2 atom stereocenters. The topological polar surface area (TPSA) is 32.3 Å². The van der Waals surface area contributed by atoms with Crippen molar-refractivity contribution in [1.82, 2.24) is 10.2 Å². The molecule has 3 heteroatoms. The molecule has 0 aromatic heterocycles. The van der Waals surface area contributed by atoms with Crippen LogP contribution in [0, 0.1) is 5.92 Å². The number of amides is 1. The fraction of sp³-hybridized carbons (Fsp3) is 0.462. The van der Waals surface area contributed by atoms with Gasteiger partial charge in [-0.05, 0) is 25.6 Å². The van der Waals surface area contributed by atoms with Gasteiger partial charge in [0.15, 0.2) is 0 Å². The van der Waals surface area contributed by atoms with Crippen molar-refractivity contribution in [2.45, 2.75) is 12.5 Å². The molecular formula is C13H18N2O. The fourth-order valence-electron chi connectivity index (χ4n) is 2.54. The number of carbonyl (C=O) groups is 1. The van der Waals surface area contributed by atoms with Crippen LogP contribution in [0.4, 0.5) is 0 Å². The third kappa shape index (κ3) is 1.95. The van der Waals surface area contributed by atoms with E-state index in [9.17, 15) is 4.79 Å². The predicted molar refractivity (Wildman–Crippen MR) is 64.0 cm³/mol. The first-order valence-corrected chi connectivity index (χ1v) is 5.71. The summed E-state index contributed by atoms with van der Waals surface area (Å²) in [5.41, 5.74) is 1.23. The Labute approximate surface area is 96.5 Å². The average Bonchev–Trinajstić information content (AvgIpc) is 2.71. The maximum atomic E-state index is 11.8. The number of nitrogens with one attached hydrogen (secondary N) is 1. The van der Waals surface area contributed by atoms with Crippen LogP contribution in [0.1, 0.15) is 18.0 Å². The number of hydrogen-bond acceptors (Lipinski definition) is 2. The number of carbonyl (C=O) groups excluding carboxylic acids is 1. The van der Waals surface area contributed by atoms with Gasteiger partial charge in [-0.15, -0.1) is 0 Å². The monoisotopic (exact) mass is 218 g/mol. The van der Waals surface area contributed by atoms with E-state index >= 15 is 0 Å². The molecule has 1 aromatic rings. The summed E-state index contributed by atoms with van der Waals surface area (Å²) in [4.78, 5) is 14.1. The Bertz CT molecular complexity index is 363. The largest absolute Gasteiger partial charge is 0.359 e. The second-order valence-electron chi connectivity index (χ2n) is 4.35. The summed E-state index contributed by atoms with van der Waals surface area (Å²) in [6.45, 7) is 0.984. The van der Waals surface area contributed by atoms with Gasteiger partial charge in [0.05, 0.1) is 5.92 Å². The van der Waals surface area contributed by atoms with Crippen molar-refractivity contribution in [1.29, 1.82) is 0 Å². The van der Waals surface area contributed by atoms with E-state index in [-0.39, 0.29) is 17.9 Å². The van der Waals surface area contributed by atoms with Gasteiger partial charge in [-0.2, -0.15) is 0 Å². The lowest BCUT2D eigenvalue weighted by Gasteiger charge is -2.24. The molecule has 0 aliphatic carbocycles. The summed E-state index contributed by atoms with van der Waals surface area (Å²) >= 11 is 0. The van der Waals surface area contributed by atoms with Crippen molar-refractivity contribution in [3.63, 3.8) is 0 Å². The molecule has 1 heterocycles. The van der Waals surface area contributed by atoms with E-state index < -0.39 is 0 Å². The number of hydrogen-bond donors (Lipinski definition) is 1. The van der Waals surface area contributed by atoms with E-state index in [4.69, 9.17) is 0 Å². The minimum Gasteiger partial charge on any atom is -0.359 e. The number of benzene rings is 1. The molecule has 1 aliphatic rings. The Balaban J connectivity index is 2.26. The van der Waals surface area contributed by atoms with Gasteiger partial charge in [0.2, 0.25) is 5.91 Å². The summed E-state index contributed by atoms with van der Waals surface area (Å²) in [7, 11) is 3.79. The molecule has 2 unspecified atom stereocenters. The van der Waals surface area contributed by atoms with Crippen molar-refractivity contribution >= 4 is 5.91 Å². The maximum Gasteiger partial charge on any atom is 0.224 e. The lowest BCUT2D eigenvalue weighted by Crippen LogP contribution is -2.32. The summed E-state index contributed by atoms with van der Waals surface area (Å²) in [5.74, 6) is 0.232. The van der Waals surface area contributed by atoms with Crippen molar-refractivity contribution in [2.75, 3.05) is 20.6 Å². The quantitative estimate of drug-likeness (QED) is 0.814. The first kappa shape index (κ1) is 11.1. The Morgan fingerprint density at radius 1 is 1.38 bits per heavy atom. The summed E-state index contributed by atoms with van der Waals surface area (Å²) < 4.78 is 0. The van der Waals surface area contributed by atoms with Crippen LogP contribution in [0.3, 0.4) is 0 Å². The summed E-state index contributed by atoms with van der Waals surface area (Å²) in [5, 5.41) is 2.76. The van der Waals surface area contributed by atoms with Gasteiger partial charge >= 0.3 is 0 Å². The van der Waals surface area contributed by atoms with Gasteiger partial charge in [0, 0.05) is 13.1 Å². The zero-order valence-electron chi connectivity index (χ0n) is 9.81. The summed E-state index contributed by atoms with van der Waals surface area (Å²) in [6, 6.07) is 10.5. The lowest BCUT2D eigenvalue weighted by atomic mass is 9.93. The van der Waals surface area contributed by atoms with Crippen LogP contribution in [0.2, 0.25) is 0 Å². The highest BCUT2D eigenvalue weighted by molar-refractivity contribution is 5.79. The first-order chi connectivity index (χ1) is 7.74. The van der Waals surface area contributed by atoms with Gasteiger partial charge in [0.1, 0.15) is 0 Å². The van der Waals surface area contributed by atoms with Crippen LogP contribution in [0.15, 0.2) is 30.3 Å². The molecule has 1 aromatic carbocycles. The highest BCUT2D eigenvalue weighted by atomic mass is 16.1. The predicted octanol–water partition coefficient (Wildman–Crippen LogP) is 1.43. The highest BCUT2D eigenvalue weighted by Gasteiger charge is 2.36.